The van der Waals surface area contributed by atoms with Crippen LogP contribution in [0.5, 0.6) is 5.75 Å². The highest BCUT2D eigenvalue weighted by atomic mass is 32.1. The molecule has 244 valence electrons. The second kappa shape index (κ2) is 16.0. The lowest BCUT2D eigenvalue weighted by Gasteiger charge is -2.35. The zero-order chi connectivity index (χ0) is 32.5. The largest absolute Gasteiger partial charge is 0.508 e. The molecule has 0 unspecified atom stereocenters. The highest BCUT2D eigenvalue weighted by Crippen LogP contribution is 2.21. The molecule has 4 N–H and O–H groups in total. The minimum absolute atomic E-state index is 0.0333. The van der Waals surface area contributed by atoms with Gasteiger partial charge in [0.2, 0.25) is 11.8 Å². The molecule has 0 aliphatic carbocycles. The van der Waals surface area contributed by atoms with Crippen LogP contribution in [0.25, 0.3) is 6.08 Å². The molecule has 1 saturated heterocycles. The summed E-state index contributed by atoms with van der Waals surface area (Å²) in [6.45, 7) is 5.87. The third-order valence-corrected chi connectivity index (χ3v) is 9.11. The first kappa shape index (κ1) is 34.1. The summed E-state index contributed by atoms with van der Waals surface area (Å²) in [5.41, 5.74) is 4.63. The van der Waals surface area contributed by atoms with E-state index in [0.717, 1.165) is 10.4 Å². The van der Waals surface area contributed by atoms with Crippen molar-refractivity contribution < 1.29 is 33.8 Å². The molecular formula is C33H44N4O7S. The Morgan fingerprint density at radius 2 is 1.91 bits per heavy atom. The van der Waals surface area contributed by atoms with E-state index in [0.29, 0.717) is 37.8 Å². The predicted molar refractivity (Wildman–Crippen MR) is 171 cm³/mol. The molecule has 4 bridgehead atoms. The lowest BCUT2D eigenvalue weighted by molar-refractivity contribution is -0.154. The number of hydrazine groups is 1. The Labute approximate surface area is 268 Å². The normalized spacial score (nSPS) is 26.0. The fourth-order valence-corrected chi connectivity index (χ4v) is 6.29. The number of phenols is 1. The molecule has 3 heterocycles. The Bertz CT molecular complexity index is 1380. The molecule has 0 radical (unpaired) electrons. The Kier molecular flexibility index (Phi) is 12.1. The molecule has 4 rings (SSSR count). The number of thiophene rings is 1. The van der Waals surface area contributed by atoms with Crippen LogP contribution in [0.15, 0.2) is 41.8 Å². The standard InChI is InChI=1S/C33H44N4O7S/c1-20(2)29-31(40)34-27(17-22-10-7-11-24(38)15-22)32(41)37-14-8-12-26(36-37)33(42)44-18-25-16-23(19-45-25)9-5-6-13-28(43-4)21(3)30(39)35-29/h5,7,9-11,15-16,19-21,26-29,36,38H,6,8,12-14,17-18H2,1-4H3,(H,34,40)(H,35,39)/t21-,26+,27+,28-,29+/m1/s1. The number of fused-ring (bicyclic) bond motifs is 4. The SMILES string of the molecule is CO[C@@H]1CCC=Cc2csc(c2)COC(=O)[C@@H]2CCCN(N2)C(=O)[C@H](Cc2cccc(O)c2)NC(=O)[C@H](C(C)C)NC(=O)[C@@H]1C. The first-order valence-corrected chi connectivity index (χ1v) is 16.3. The summed E-state index contributed by atoms with van der Waals surface area (Å²) >= 11 is 1.49. The maximum absolute atomic E-state index is 13.9. The number of rotatable bonds is 4. The molecule has 11 nitrogen and oxygen atoms in total. The van der Waals surface area contributed by atoms with Crippen LogP contribution in [0.4, 0.5) is 0 Å². The minimum atomic E-state index is -1.04. The summed E-state index contributed by atoms with van der Waals surface area (Å²) in [6, 6.07) is 5.75. The second-order valence-corrected chi connectivity index (χ2v) is 13.0. The molecule has 2 aromatic rings. The summed E-state index contributed by atoms with van der Waals surface area (Å²) in [6.07, 6.45) is 6.04. The number of benzene rings is 1. The van der Waals surface area contributed by atoms with Gasteiger partial charge in [0.05, 0.1) is 12.0 Å². The van der Waals surface area contributed by atoms with Gasteiger partial charge in [-0.05, 0) is 66.3 Å². The van der Waals surface area contributed by atoms with Crippen LogP contribution >= 0.6 is 11.3 Å². The van der Waals surface area contributed by atoms with Crippen molar-refractivity contribution in [1.82, 2.24) is 21.1 Å². The van der Waals surface area contributed by atoms with Crippen LogP contribution in [-0.2, 0) is 41.7 Å². The van der Waals surface area contributed by atoms with E-state index in [-0.39, 0.29) is 36.7 Å². The second-order valence-electron chi connectivity index (χ2n) is 12.0. The number of ether oxygens (including phenoxy) is 2. The Hall–Kier alpha value is -3.74. The average molecular weight is 641 g/mol. The van der Waals surface area contributed by atoms with Crippen molar-refractivity contribution in [2.45, 2.75) is 83.7 Å². The topological polar surface area (TPSA) is 146 Å². The number of cyclic esters (lactones) is 1. The molecule has 1 aromatic carbocycles. The van der Waals surface area contributed by atoms with Gasteiger partial charge in [0, 0.05) is 25.0 Å². The number of hydrogen-bond acceptors (Lipinski definition) is 9. The number of phenolic OH excluding ortho intramolecular Hbond substituents is 1. The summed E-state index contributed by atoms with van der Waals surface area (Å²) in [5, 5.41) is 19.1. The van der Waals surface area contributed by atoms with Gasteiger partial charge in [0.1, 0.15) is 30.5 Å². The van der Waals surface area contributed by atoms with Crippen molar-refractivity contribution in [3.05, 3.63) is 57.8 Å². The minimum Gasteiger partial charge on any atom is -0.508 e. The van der Waals surface area contributed by atoms with Gasteiger partial charge in [0.15, 0.2) is 0 Å². The van der Waals surface area contributed by atoms with Crippen LogP contribution in [0.1, 0.15) is 62.5 Å². The van der Waals surface area contributed by atoms with Gasteiger partial charge in [-0.15, -0.1) is 11.3 Å². The molecule has 1 fully saturated rings. The molecule has 5 atom stereocenters. The van der Waals surface area contributed by atoms with Gasteiger partial charge in [-0.1, -0.05) is 45.1 Å². The Morgan fingerprint density at radius 3 is 2.64 bits per heavy atom. The average Bonchev–Trinajstić information content (AvgIpc) is 3.48. The van der Waals surface area contributed by atoms with E-state index >= 15 is 0 Å². The van der Waals surface area contributed by atoms with E-state index in [2.05, 4.69) is 16.1 Å². The van der Waals surface area contributed by atoms with Crippen molar-refractivity contribution in [2.24, 2.45) is 11.8 Å². The van der Waals surface area contributed by atoms with Gasteiger partial charge in [-0.2, -0.15) is 0 Å². The summed E-state index contributed by atoms with van der Waals surface area (Å²) in [5.74, 6) is -2.51. The van der Waals surface area contributed by atoms with Crippen LogP contribution in [0, 0.1) is 11.8 Å². The van der Waals surface area contributed by atoms with Crippen LogP contribution < -0.4 is 16.1 Å². The van der Waals surface area contributed by atoms with Crippen molar-refractivity contribution >= 4 is 41.1 Å². The highest BCUT2D eigenvalue weighted by Gasteiger charge is 2.36. The number of nitrogens with zero attached hydrogens (tertiary/aromatic N) is 1. The molecule has 2 aliphatic rings. The van der Waals surface area contributed by atoms with E-state index < -0.39 is 41.8 Å². The Balaban J connectivity index is 1.63. The van der Waals surface area contributed by atoms with Crippen molar-refractivity contribution in [3.63, 3.8) is 0 Å². The smallest absolute Gasteiger partial charge is 0.325 e. The number of aromatic hydroxyl groups is 1. The van der Waals surface area contributed by atoms with Crippen molar-refractivity contribution in [3.8, 4) is 5.75 Å². The quantitative estimate of drug-likeness (QED) is 0.373. The van der Waals surface area contributed by atoms with Crippen LogP contribution in [0.2, 0.25) is 0 Å². The van der Waals surface area contributed by atoms with Gasteiger partial charge in [0.25, 0.3) is 5.91 Å². The van der Waals surface area contributed by atoms with E-state index in [4.69, 9.17) is 9.47 Å². The molecule has 12 heteroatoms. The predicted octanol–water partition coefficient (Wildman–Crippen LogP) is 3.32. The number of carbonyl (C=O) groups is 4. The number of allylic oxidation sites excluding steroid dienone is 1. The molecule has 3 amide bonds. The van der Waals surface area contributed by atoms with Crippen molar-refractivity contribution in [2.75, 3.05) is 13.7 Å². The molecule has 2 aliphatic heterocycles. The first-order valence-electron chi connectivity index (χ1n) is 15.4. The third-order valence-electron chi connectivity index (χ3n) is 8.18. The zero-order valence-electron chi connectivity index (χ0n) is 26.3. The number of hydrogen-bond donors (Lipinski definition) is 4. The van der Waals surface area contributed by atoms with E-state index in [9.17, 15) is 24.3 Å². The van der Waals surface area contributed by atoms with Gasteiger partial charge in [-0.25, -0.2) is 5.43 Å². The summed E-state index contributed by atoms with van der Waals surface area (Å²) < 4.78 is 11.3. The first-order chi connectivity index (χ1) is 21.5. The van der Waals surface area contributed by atoms with E-state index in [1.807, 2.05) is 37.4 Å². The fourth-order valence-electron chi connectivity index (χ4n) is 5.53. The van der Waals surface area contributed by atoms with Gasteiger partial charge in [-0.3, -0.25) is 24.2 Å². The number of nitrogens with one attached hydrogen (secondary N) is 3. The van der Waals surface area contributed by atoms with E-state index in [1.54, 1.807) is 26.2 Å². The fraction of sp³-hybridized carbons (Fsp3) is 0.515. The lowest BCUT2D eigenvalue weighted by atomic mass is 9.96. The molecular weight excluding hydrogens is 596 g/mol. The number of methoxy groups -OCH3 is 1. The zero-order valence-corrected chi connectivity index (χ0v) is 27.1. The van der Waals surface area contributed by atoms with Crippen molar-refractivity contribution in [1.29, 1.82) is 0 Å². The lowest BCUT2D eigenvalue weighted by Crippen LogP contribution is -2.62. The van der Waals surface area contributed by atoms with E-state index in [1.165, 1.54) is 28.5 Å². The maximum Gasteiger partial charge on any atom is 0.325 e. The highest BCUT2D eigenvalue weighted by molar-refractivity contribution is 7.10. The maximum atomic E-state index is 13.9. The van der Waals surface area contributed by atoms with Crippen LogP contribution in [-0.4, -0.2) is 71.7 Å². The summed E-state index contributed by atoms with van der Waals surface area (Å²) in [4.78, 5) is 54.9. The summed E-state index contributed by atoms with van der Waals surface area (Å²) in [7, 11) is 1.57. The molecule has 45 heavy (non-hydrogen) atoms. The molecule has 1 aromatic heterocycles. The van der Waals surface area contributed by atoms with Gasteiger partial charge >= 0.3 is 5.97 Å². The number of esters is 1. The number of carbonyl (C=O) groups excluding carboxylic acids is 4. The van der Waals surface area contributed by atoms with Crippen LogP contribution in [0.3, 0.4) is 0 Å². The third kappa shape index (κ3) is 9.38. The Morgan fingerprint density at radius 1 is 1.11 bits per heavy atom. The molecule has 0 spiro atoms. The van der Waals surface area contributed by atoms with Gasteiger partial charge < -0.3 is 25.2 Å². The molecule has 0 saturated carbocycles. The number of amides is 3. The monoisotopic (exact) mass is 640 g/mol.